The smallest absolute Gasteiger partial charge is 0.0321 e. The van der Waals surface area contributed by atoms with Gasteiger partial charge in [0.05, 0.1) is 0 Å². The summed E-state index contributed by atoms with van der Waals surface area (Å²) in [4.78, 5) is 0. The first kappa shape index (κ1) is 8.14. The zero-order valence-corrected chi connectivity index (χ0v) is 9.57. The van der Waals surface area contributed by atoms with Crippen LogP contribution in [0.15, 0.2) is 0 Å². The minimum atomic E-state index is 1.20. The maximum atomic E-state index is 1.68. The molecular weight excluding hydrogens is 180 g/mol. The van der Waals surface area contributed by atoms with Crippen LogP contribution in [0.4, 0.5) is 0 Å². The minimum absolute atomic E-state index is 1.20. The molecule has 5 saturated carbocycles. The van der Waals surface area contributed by atoms with E-state index < -0.39 is 0 Å². The van der Waals surface area contributed by atoms with Crippen LogP contribution in [0.1, 0.15) is 44.9 Å². The van der Waals surface area contributed by atoms with Gasteiger partial charge in [-0.2, -0.15) is 0 Å². The van der Waals surface area contributed by atoms with Gasteiger partial charge in [0.1, 0.15) is 0 Å². The van der Waals surface area contributed by atoms with Gasteiger partial charge in [0.2, 0.25) is 0 Å². The second kappa shape index (κ2) is 2.46. The molecule has 0 nitrogen and oxygen atoms in total. The quantitative estimate of drug-likeness (QED) is 0.561. The highest BCUT2D eigenvalue weighted by molar-refractivity contribution is 5.12. The highest BCUT2D eigenvalue weighted by atomic mass is 14.7. The molecule has 5 aliphatic carbocycles. The standard InChI is InChI=1S/C15H22/c1-3-10-5-8(1)12-7-13-9-2-4-11(6-9)15(13)14(10)12/h8-15H,1-7H2/t8-,9-,10+,11+,12?,13?,14?,15?/m0/s1. The van der Waals surface area contributed by atoms with Gasteiger partial charge in [0, 0.05) is 0 Å². The number of rotatable bonds is 0. The van der Waals surface area contributed by atoms with E-state index in [9.17, 15) is 0 Å². The Morgan fingerprint density at radius 2 is 0.933 bits per heavy atom. The number of hydrogen-bond donors (Lipinski definition) is 0. The van der Waals surface area contributed by atoms with Gasteiger partial charge in [-0.05, 0) is 92.3 Å². The van der Waals surface area contributed by atoms with Gasteiger partial charge in [0.25, 0.3) is 0 Å². The molecule has 0 aromatic rings. The zero-order chi connectivity index (χ0) is 9.57. The third-order valence-corrected chi connectivity index (χ3v) is 7.30. The van der Waals surface area contributed by atoms with Gasteiger partial charge >= 0.3 is 0 Å². The first-order chi connectivity index (χ1) is 7.42. The third kappa shape index (κ3) is 0.806. The molecule has 0 amide bonds. The van der Waals surface area contributed by atoms with Gasteiger partial charge in [0.15, 0.2) is 0 Å². The Kier molecular flexibility index (Phi) is 1.34. The summed E-state index contributed by atoms with van der Waals surface area (Å²) in [6.07, 6.45) is 11.4. The first-order valence-corrected chi connectivity index (χ1v) is 7.42. The summed E-state index contributed by atoms with van der Waals surface area (Å²) in [6.45, 7) is 0. The summed E-state index contributed by atoms with van der Waals surface area (Å²) in [6, 6.07) is 0. The van der Waals surface area contributed by atoms with Crippen molar-refractivity contribution in [3.63, 3.8) is 0 Å². The van der Waals surface area contributed by atoms with E-state index in [-0.39, 0.29) is 0 Å². The van der Waals surface area contributed by atoms with Crippen molar-refractivity contribution >= 4 is 0 Å². The van der Waals surface area contributed by atoms with Crippen LogP contribution in [0, 0.1) is 47.3 Å². The maximum absolute atomic E-state index is 1.68. The van der Waals surface area contributed by atoms with Crippen molar-refractivity contribution in [2.24, 2.45) is 47.3 Å². The van der Waals surface area contributed by atoms with Crippen LogP contribution in [-0.2, 0) is 0 Å². The van der Waals surface area contributed by atoms with Crippen LogP contribution >= 0.6 is 0 Å². The Morgan fingerprint density at radius 3 is 1.47 bits per heavy atom. The van der Waals surface area contributed by atoms with E-state index in [2.05, 4.69) is 0 Å². The summed E-state index contributed by atoms with van der Waals surface area (Å²) < 4.78 is 0. The highest BCUT2D eigenvalue weighted by Gasteiger charge is 2.63. The van der Waals surface area contributed by atoms with Crippen LogP contribution in [0.5, 0.6) is 0 Å². The minimum Gasteiger partial charge on any atom is -0.0499 e. The molecule has 4 unspecified atom stereocenters. The lowest BCUT2D eigenvalue weighted by atomic mass is 9.72. The third-order valence-electron chi connectivity index (χ3n) is 7.30. The van der Waals surface area contributed by atoms with Gasteiger partial charge in [-0.3, -0.25) is 0 Å². The van der Waals surface area contributed by atoms with E-state index in [1.165, 1.54) is 47.3 Å². The van der Waals surface area contributed by atoms with Crippen molar-refractivity contribution in [1.29, 1.82) is 0 Å². The lowest BCUT2D eigenvalue weighted by molar-refractivity contribution is 0.153. The lowest BCUT2D eigenvalue weighted by Gasteiger charge is -2.33. The highest BCUT2D eigenvalue weighted by Crippen LogP contribution is 2.70. The van der Waals surface area contributed by atoms with Crippen LogP contribution < -0.4 is 0 Å². The van der Waals surface area contributed by atoms with E-state index in [1.807, 2.05) is 0 Å². The van der Waals surface area contributed by atoms with Crippen LogP contribution in [0.25, 0.3) is 0 Å². The molecule has 0 heteroatoms. The molecule has 0 aliphatic heterocycles. The molecule has 5 fully saturated rings. The zero-order valence-electron chi connectivity index (χ0n) is 9.57. The summed E-state index contributed by atoms with van der Waals surface area (Å²) in [5.74, 6) is 9.73. The van der Waals surface area contributed by atoms with Crippen LogP contribution in [0.3, 0.4) is 0 Å². The molecule has 8 atom stereocenters. The molecule has 5 aliphatic rings. The molecule has 0 radical (unpaired) electrons. The van der Waals surface area contributed by atoms with Crippen LogP contribution in [0.2, 0.25) is 0 Å². The second-order valence-electron chi connectivity index (χ2n) is 7.38. The molecule has 0 spiro atoms. The van der Waals surface area contributed by atoms with E-state index in [0.29, 0.717) is 0 Å². The predicted octanol–water partition coefficient (Wildman–Crippen LogP) is 3.71. The van der Waals surface area contributed by atoms with E-state index in [1.54, 1.807) is 44.9 Å². The van der Waals surface area contributed by atoms with Crippen molar-refractivity contribution in [2.75, 3.05) is 0 Å². The Balaban J connectivity index is 1.57. The molecule has 15 heavy (non-hydrogen) atoms. The molecule has 82 valence electrons. The lowest BCUT2D eigenvalue weighted by Crippen LogP contribution is -2.27. The van der Waals surface area contributed by atoms with Gasteiger partial charge in [-0.1, -0.05) is 0 Å². The van der Waals surface area contributed by atoms with Crippen LogP contribution in [-0.4, -0.2) is 0 Å². The van der Waals surface area contributed by atoms with Crippen molar-refractivity contribution < 1.29 is 0 Å². The maximum Gasteiger partial charge on any atom is -0.0321 e. The van der Waals surface area contributed by atoms with Crippen molar-refractivity contribution in [3.05, 3.63) is 0 Å². The molecule has 5 rings (SSSR count). The predicted molar refractivity (Wildman–Crippen MR) is 60.2 cm³/mol. The van der Waals surface area contributed by atoms with Crippen molar-refractivity contribution in [2.45, 2.75) is 44.9 Å². The largest absolute Gasteiger partial charge is 0.0499 e. The van der Waals surface area contributed by atoms with Gasteiger partial charge in [-0.15, -0.1) is 0 Å². The fourth-order valence-electron chi connectivity index (χ4n) is 7.12. The normalized spacial score (nSPS) is 68.8. The van der Waals surface area contributed by atoms with Gasteiger partial charge < -0.3 is 0 Å². The van der Waals surface area contributed by atoms with E-state index >= 15 is 0 Å². The van der Waals surface area contributed by atoms with Gasteiger partial charge in [-0.25, -0.2) is 0 Å². The number of fused-ring (bicyclic) bond motifs is 11. The van der Waals surface area contributed by atoms with Crippen molar-refractivity contribution in [3.8, 4) is 0 Å². The monoisotopic (exact) mass is 202 g/mol. The molecule has 0 aromatic carbocycles. The molecular formula is C15H22. The fraction of sp³-hybridized carbons (Fsp3) is 1.00. The molecule has 0 N–H and O–H groups in total. The van der Waals surface area contributed by atoms with E-state index in [4.69, 9.17) is 0 Å². The molecule has 0 aromatic heterocycles. The molecule has 0 saturated heterocycles. The second-order valence-corrected chi connectivity index (χ2v) is 7.38. The average Bonchev–Trinajstić information content (AvgIpc) is 3.02. The summed E-state index contributed by atoms with van der Waals surface area (Å²) in [5, 5.41) is 0. The summed E-state index contributed by atoms with van der Waals surface area (Å²) in [5.41, 5.74) is 0. The summed E-state index contributed by atoms with van der Waals surface area (Å²) >= 11 is 0. The SMILES string of the molecule is C1C2C(C3C1[C@H]1CC[C@@H]3C1)[C@@H]1CC[C@H]2C1. The van der Waals surface area contributed by atoms with E-state index in [0.717, 1.165) is 0 Å². The Labute approximate surface area is 92.8 Å². The summed E-state index contributed by atoms with van der Waals surface area (Å²) in [7, 11) is 0. The average molecular weight is 202 g/mol. The Bertz CT molecular complexity index is 277. The number of hydrogen-bond acceptors (Lipinski definition) is 0. The fourth-order valence-corrected chi connectivity index (χ4v) is 7.12. The molecule has 0 heterocycles. The Hall–Kier alpha value is 0. The molecule has 4 bridgehead atoms. The Morgan fingerprint density at radius 1 is 0.467 bits per heavy atom. The van der Waals surface area contributed by atoms with Crippen molar-refractivity contribution in [1.82, 2.24) is 0 Å². The topological polar surface area (TPSA) is 0 Å². The first-order valence-electron chi connectivity index (χ1n) is 7.42.